The van der Waals surface area contributed by atoms with E-state index < -0.39 is 6.04 Å². The van der Waals surface area contributed by atoms with Crippen LogP contribution in [0.3, 0.4) is 0 Å². The predicted molar refractivity (Wildman–Crippen MR) is 106 cm³/mol. The van der Waals surface area contributed by atoms with Crippen LogP contribution in [0.5, 0.6) is 0 Å². The zero-order chi connectivity index (χ0) is 18.7. The first-order chi connectivity index (χ1) is 12.1. The summed E-state index contributed by atoms with van der Waals surface area (Å²) < 4.78 is 5.23. The topological polar surface area (TPSA) is 61.9 Å². The van der Waals surface area contributed by atoms with E-state index in [4.69, 9.17) is 4.74 Å². The van der Waals surface area contributed by atoms with E-state index in [-0.39, 0.29) is 58.6 Å². The molecule has 1 heterocycles. The van der Waals surface area contributed by atoms with Crippen molar-refractivity contribution in [2.75, 3.05) is 39.8 Å². The molecule has 27 heavy (non-hydrogen) atoms. The van der Waals surface area contributed by atoms with Gasteiger partial charge in [-0.3, -0.25) is 9.69 Å². The number of carbonyl (C=O) groups is 2. The fourth-order valence-electron chi connectivity index (χ4n) is 2.58. The molecule has 0 saturated carbocycles. The van der Waals surface area contributed by atoms with Crippen LogP contribution < -0.4 is 5.32 Å². The standard InChI is InChI=1S/C17H25N3O3.C2H6.CH3.Y/c1-14(21)16(18-2)13-23-17(22)20-10-8-19(9-11-20)12-15-6-4-3-5-7-15;1-2;;/h3-7,16,18H,8-13H2,1-2H3;1-2H3;1H3;/q;;-1;. The van der Waals surface area contributed by atoms with E-state index >= 15 is 0 Å². The number of piperazine rings is 1. The summed E-state index contributed by atoms with van der Waals surface area (Å²) in [6.07, 6.45) is -0.342. The van der Waals surface area contributed by atoms with Gasteiger partial charge in [-0.25, -0.2) is 4.79 Å². The van der Waals surface area contributed by atoms with Crippen LogP contribution in [0.1, 0.15) is 26.3 Å². The number of rotatable bonds is 6. The van der Waals surface area contributed by atoms with Gasteiger partial charge >= 0.3 is 6.09 Å². The summed E-state index contributed by atoms with van der Waals surface area (Å²) in [6, 6.07) is 9.88. The van der Waals surface area contributed by atoms with Gasteiger partial charge in [0, 0.05) is 65.4 Å². The summed E-state index contributed by atoms with van der Waals surface area (Å²) in [6.45, 7) is 9.41. The van der Waals surface area contributed by atoms with E-state index in [2.05, 4.69) is 22.3 Å². The number of ether oxygens (including phenoxy) is 1. The number of hydrogen-bond acceptors (Lipinski definition) is 5. The van der Waals surface area contributed by atoms with Crippen molar-refractivity contribution in [2.24, 2.45) is 0 Å². The van der Waals surface area contributed by atoms with Gasteiger partial charge in [-0.15, -0.1) is 0 Å². The molecule has 6 nitrogen and oxygen atoms in total. The molecule has 0 bridgehead atoms. The molecule has 1 aromatic rings. The van der Waals surface area contributed by atoms with Gasteiger partial charge < -0.3 is 22.4 Å². The van der Waals surface area contributed by atoms with Gasteiger partial charge in [-0.1, -0.05) is 44.2 Å². The third-order valence-corrected chi connectivity index (χ3v) is 4.09. The van der Waals surface area contributed by atoms with E-state index in [1.165, 1.54) is 12.5 Å². The van der Waals surface area contributed by atoms with Gasteiger partial charge in [0.05, 0.1) is 0 Å². The molecule has 1 atom stereocenters. The van der Waals surface area contributed by atoms with E-state index in [0.29, 0.717) is 13.1 Å². The van der Waals surface area contributed by atoms with Crippen LogP contribution >= 0.6 is 0 Å². The summed E-state index contributed by atoms with van der Waals surface area (Å²) >= 11 is 0. The molecular weight excluding hydrogens is 419 g/mol. The summed E-state index contributed by atoms with van der Waals surface area (Å²) in [5.74, 6) is -0.0343. The summed E-state index contributed by atoms with van der Waals surface area (Å²) in [7, 11) is 1.68. The van der Waals surface area contributed by atoms with Gasteiger partial charge in [-0.05, 0) is 19.5 Å². The van der Waals surface area contributed by atoms with Gasteiger partial charge in [0.2, 0.25) is 0 Å². The number of nitrogens with one attached hydrogen (secondary N) is 1. The normalized spacial score (nSPS) is 14.6. The maximum absolute atomic E-state index is 12.1. The Hall–Kier alpha value is -0.816. The maximum Gasteiger partial charge on any atom is 0.409 e. The van der Waals surface area contributed by atoms with Crippen LogP contribution in [0, 0.1) is 7.43 Å². The predicted octanol–water partition coefficient (Wildman–Crippen LogP) is 2.59. The summed E-state index contributed by atoms with van der Waals surface area (Å²) in [5, 5.41) is 2.84. The quantitative estimate of drug-likeness (QED) is 0.671. The van der Waals surface area contributed by atoms with E-state index in [9.17, 15) is 9.59 Å². The van der Waals surface area contributed by atoms with Crippen molar-refractivity contribution in [3.63, 3.8) is 0 Å². The molecule has 1 radical (unpaired) electrons. The summed E-state index contributed by atoms with van der Waals surface area (Å²) in [5.41, 5.74) is 1.28. The zero-order valence-corrected chi connectivity index (χ0v) is 20.2. The van der Waals surface area contributed by atoms with E-state index in [1.54, 1.807) is 11.9 Å². The Labute approximate surface area is 189 Å². The second-order valence-corrected chi connectivity index (χ2v) is 5.78. The van der Waals surface area contributed by atoms with Gasteiger partial charge in [0.25, 0.3) is 0 Å². The zero-order valence-electron chi connectivity index (χ0n) is 17.4. The number of carbonyl (C=O) groups excluding carboxylic acids is 2. The number of benzene rings is 1. The molecule has 0 spiro atoms. The van der Waals surface area contributed by atoms with E-state index in [0.717, 1.165) is 19.6 Å². The van der Waals surface area contributed by atoms with Crippen LogP contribution in [0.25, 0.3) is 0 Å². The average Bonchev–Trinajstić information content (AvgIpc) is 2.65. The Morgan fingerprint density at radius 3 is 2.15 bits per heavy atom. The molecule has 1 N–H and O–H groups in total. The maximum atomic E-state index is 12.1. The first-order valence-corrected chi connectivity index (χ1v) is 8.96. The van der Waals surface area contributed by atoms with Gasteiger partial charge in [0.15, 0.2) is 0 Å². The van der Waals surface area contributed by atoms with Crippen LogP contribution in [0.2, 0.25) is 0 Å². The number of ketones is 1. The minimum Gasteiger partial charge on any atom is -0.447 e. The molecule has 151 valence electrons. The van der Waals surface area contributed by atoms with Crippen LogP contribution in [0.4, 0.5) is 4.79 Å². The number of likely N-dealkylation sites (N-methyl/N-ethyl adjacent to an activating group) is 1. The SMILES string of the molecule is CC.CNC(COC(=O)N1CCN(Cc2ccccc2)CC1)C(C)=O.[CH3-].[Y]. The smallest absolute Gasteiger partial charge is 0.409 e. The number of amides is 1. The Kier molecular flexibility index (Phi) is 17.0. The van der Waals surface area contributed by atoms with Gasteiger partial charge in [-0.2, -0.15) is 0 Å². The van der Waals surface area contributed by atoms with Crippen molar-refractivity contribution in [1.29, 1.82) is 0 Å². The number of hydrogen-bond donors (Lipinski definition) is 1. The third kappa shape index (κ3) is 10.3. The first kappa shape index (κ1) is 28.4. The van der Waals surface area contributed by atoms with Crippen LogP contribution in [-0.2, 0) is 48.8 Å². The Bertz CT molecular complexity index is 520. The molecule has 0 aliphatic carbocycles. The van der Waals surface area contributed by atoms with Crippen LogP contribution in [-0.4, -0.2) is 67.6 Å². The number of Topliss-reactive ketones (excluding diaryl/α,β-unsaturated/α-hetero) is 1. The number of nitrogens with zero attached hydrogens (tertiary/aromatic N) is 2. The molecule has 7 heteroatoms. The molecule has 2 rings (SSSR count). The van der Waals surface area contributed by atoms with E-state index in [1.807, 2.05) is 32.0 Å². The third-order valence-electron chi connectivity index (χ3n) is 4.09. The Morgan fingerprint density at radius 1 is 1.11 bits per heavy atom. The minimum atomic E-state index is -0.432. The molecule has 1 unspecified atom stereocenters. The Morgan fingerprint density at radius 2 is 1.67 bits per heavy atom. The molecule has 0 aromatic heterocycles. The largest absolute Gasteiger partial charge is 0.447 e. The fourth-order valence-corrected chi connectivity index (χ4v) is 2.58. The van der Waals surface area contributed by atoms with Crippen molar-refractivity contribution in [3.8, 4) is 0 Å². The average molecular weight is 453 g/mol. The monoisotopic (exact) mass is 453 g/mol. The Balaban J connectivity index is 0. The summed E-state index contributed by atoms with van der Waals surface area (Å²) in [4.78, 5) is 27.4. The van der Waals surface area contributed by atoms with Crippen molar-refractivity contribution in [1.82, 2.24) is 15.1 Å². The minimum absolute atomic E-state index is 0. The molecule has 1 fully saturated rings. The van der Waals surface area contributed by atoms with Crippen LogP contribution in [0.15, 0.2) is 30.3 Å². The molecule has 1 saturated heterocycles. The second kappa shape index (κ2) is 16.2. The molecule has 1 amide bonds. The first-order valence-electron chi connectivity index (χ1n) is 8.96. The van der Waals surface area contributed by atoms with Gasteiger partial charge in [0.1, 0.15) is 18.4 Å². The molecular formula is C20H34N3O3Y-. The molecule has 1 aliphatic rings. The van der Waals surface area contributed by atoms with Crippen molar-refractivity contribution in [3.05, 3.63) is 43.3 Å². The molecule has 1 aliphatic heterocycles. The molecule has 1 aromatic carbocycles. The second-order valence-electron chi connectivity index (χ2n) is 5.78. The van der Waals surface area contributed by atoms with Crippen molar-refractivity contribution in [2.45, 2.75) is 33.4 Å². The van der Waals surface area contributed by atoms with Crippen molar-refractivity contribution < 1.29 is 47.0 Å². The van der Waals surface area contributed by atoms with Crippen molar-refractivity contribution >= 4 is 11.9 Å². The fraction of sp³-hybridized carbons (Fsp3) is 0.550.